The summed E-state index contributed by atoms with van der Waals surface area (Å²) >= 11 is 1.37. The summed E-state index contributed by atoms with van der Waals surface area (Å²) in [6, 6.07) is -0.695. The normalized spacial score (nSPS) is 26.0. The first kappa shape index (κ1) is 18.8. The average molecular weight is 382 g/mol. The van der Waals surface area contributed by atoms with Gasteiger partial charge in [-0.25, -0.2) is 4.79 Å². The minimum atomic E-state index is -1.23. The van der Waals surface area contributed by atoms with Gasteiger partial charge in [0.15, 0.2) is 0 Å². The highest BCUT2D eigenvalue weighted by Gasteiger charge is 2.54. The van der Waals surface area contributed by atoms with Crippen LogP contribution in [0.3, 0.4) is 0 Å². The number of carbonyl (C=O) groups excluding carboxylic acids is 3. The molecule has 26 heavy (non-hydrogen) atoms. The summed E-state index contributed by atoms with van der Waals surface area (Å²) in [7, 11) is 0. The van der Waals surface area contributed by atoms with Gasteiger partial charge in [-0.05, 0) is 12.8 Å². The summed E-state index contributed by atoms with van der Waals surface area (Å²) in [6.45, 7) is 1.09. The van der Waals surface area contributed by atoms with Crippen molar-refractivity contribution in [1.29, 1.82) is 0 Å². The molecule has 1 saturated carbocycles. The highest BCUT2D eigenvalue weighted by molar-refractivity contribution is 8.00. The SMILES string of the molecule is CC(=O)OCC1=C(C(=O)O)N2C(=O)[C@H](NC(=O)C3CCCCC3)[C@H]2SC1. The maximum Gasteiger partial charge on any atom is 0.352 e. The Kier molecular flexibility index (Phi) is 5.55. The lowest BCUT2D eigenvalue weighted by Gasteiger charge is -2.49. The molecular formula is C17H22N2O6S. The van der Waals surface area contributed by atoms with Gasteiger partial charge in [-0.1, -0.05) is 19.3 Å². The van der Waals surface area contributed by atoms with Crippen LogP contribution in [0.15, 0.2) is 11.3 Å². The molecule has 2 amide bonds. The predicted molar refractivity (Wildman–Crippen MR) is 92.9 cm³/mol. The minimum absolute atomic E-state index is 0.0618. The molecule has 3 rings (SSSR count). The van der Waals surface area contributed by atoms with Crippen molar-refractivity contribution >= 4 is 35.5 Å². The molecule has 2 atom stereocenters. The number of esters is 1. The number of fused-ring (bicyclic) bond motifs is 1. The summed E-state index contributed by atoms with van der Waals surface area (Å²) in [4.78, 5) is 48.7. The Balaban J connectivity index is 1.69. The van der Waals surface area contributed by atoms with E-state index in [-0.39, 0.29) is 24.1 Å². The summed E-state index contributed by atoms with van der Waals surface area (Å²) in [5, 5.41) is 11.9. The molecule has 8 nitrogen and oxygen atoms in total. The third kappa shape index (κ3) is 3.58. The van der Waals surface area contributed by atoms with E-state index in [4.69, 9.17) is 4.74 Å². The van der Waals surface area contributed by atoms with E-state index < -0.39 is 29.3 Å². The topological polar surface area (TPSA) is 113 Å². The van der Waals surface area contributed by atoms with E-state index in [1.165, 1.54) is 23.6 Å². The molecule has 3 aliphatic rings. The standard InChI is InChI=1S/C17H22N2O6S/c1-9(20)25-7-11-8-26-16-12(15(22)19(16)13(11)17(23)24)18-14(21)10-5-3-2-4-6-10/h10,12,16H,2-8H2,1H3,(H,18,21)(H,23,24)/t12-,16+/m0/s1. The molecule has 0 spiro atoms. The predicted octanol–water partition coefficient (Wildman–Crippen LogP) is 0.868. The summed E-state index contributed by atoms with van der Waals surface area (Å²) in [6.07, 6.45) is 4.84. The Bertz CT molecular complexity index is 670. The zero-order valence-corrected chi connectivity index (χ0v) is 15.3. The van der Waals surface area contributed by atoms with Crippen LogP contribution in [0.2, 0.25) is 0 Å². The molecule has 1 saturated heterocycles. The highest BCUT2D eigenvalue weighted by atomic mass is 32.2. The molecule has 0 aromatic rings. The van der Waals surface area contributed by atoms with Crippen LogP contribution in [-0.2, 0) is 23.9 Å². The molecule has 0 aromatic carbocycles. The van der Waals surface area contributed by atoms with Crippen molar-refractivity contribution in [3.05, 3.63) is 11.3 Å². The number of β-lactam (4-membered cyclic amide) rings is 1. The molecule has 0 aromatic heterocycles. The van der Waals surface area contributed by atoms with Crippen LogP contribution in [0.4, 0.5) is 0 Å². The Hall–Kier alpha value is -2.03. The largest absolute Gasteiger partial charge is 0.477 e. The fraction of sp³-hybridized carbons (Fsp3) is 0.647. The van der Waals surface area contributed by atoms with E-state index in [0.717, 1.165) is 32.1 Å². The van der Waals surface area contributed by atoms with Crippen molar-refractivity contribution in [3.63, 3.8) is 0 Å². The van der Waals surface area contributed by atoms with Gasteiger partial charge >= 0.3 is 11.9 Å². The zero-order chi connectivity index (χ0) is 18.8. The molecule has 2 heterocycles. The quantitative estimate of drug-likeness (QED) is 0.536. The van der Waals surface area contributed by atoms with Crippen molar-refractivity contribution in [3.8, 4) is 0 Å². The number of carbonyl (C=O) groups is 4. The fourth-order valence-electron chi connectivity index (χ4n) is 3.62. The zero-order valence-electron chi connectivity index (χ0n) is 14.5. The molecule has 1 aliphatic carbocycles. The Morgan fingerprint density at radius 2 is 1.96 bits per heavy atom. The van der Waals surface area contributed by atoms with Crippen LogP contribution in [-0.4, -0.2) is 57.5 Å². The Morgan fingerprint density at radius 3 is 2.58 bits per heavy atom. The van der Waals surface area contributed by atoms with Gasteiger partial charge in [-0.2, -0.15) is 0 Å². The number of amides is 2. The number of hydrogen-bond acceptors (Lipinski definition) is 6. The van der Waals surface area contributed by atoms with Gasteiger partial charge in [-0.15, -0.1) is 11.8 Å². The number of carboxylic acid groups (broad SMARTS) is 1. The number of hydrogen-bond donors (Lipinski definition) is 2. The molecule has 142 valence electrons. The van der Waals surface area contributed by atoms with Crippen molar-refractivity contribution in [2.45, 2.75) is 50.4 Å². The molecule has 0 radical (unpaired) electrons. The maximum atomic E-state index is 12.5. The average Bonchev–Trinajstić information content (AvgIpc) is 2.63. The molecular weight excluding hydrogens is 360 g/mol. The molecule has 9 heteroatoms. The number of nitrogens with zero attached hydrogens (tertiary/aromatic N) is 1. The molecule has 2 aliphatic heterocycles. The van der Waals surface area contributed by atoms with Gasteiger partial charge in [0.05, 0.1) is 0 Å². The van der Waals surface area contributed by atoms with Gasteiger partial charge in [0.1, 0.15) is 23.7 Å². The molecule has 0 unspecified atom stereocenters. The third-order valence-electron chi connectivity index (χ3n) is 4.97. The second-order valence-electron chi connectivity index (χ2n) is 6.77. The number of thioether (sulfide) groups is 1. The smallest absolute Gasteiger partial charge is 0.352 e. The Labute approximate surface area is 155 Å². The van der Waals surface area contributed by atoms with Gasteiger partial charge in [0.25, 0.3) is 5.91 Å². The van der Waals surface area contributed by atoms with Gasteiger partial charge in [-0.3, -0.25) is 19.3 Å². The van der Waals surface area contributed by atoms with Gasteiger partial charge < -0.3 is 15.2 Å². The van der Waals surface area contributed by atoms with Crippen molar-refractivity contribution < 1.29 is 29.0 Å². The number of carboxylic acids is 1. The Morgan fingerprint density at radius 1 is 1.27 bits per heavy atom. The number of ether oxygens (including phenoxy) is 1. The first-order valence-electron chi connectivity index (χ1n) is 8.74. The lowest BCUT2D eigenvalue weighted by Crippen LogP contribution is -2.71. The first-order valence-corrected chi connectivity index (χ1v) is 9.78. The minimum Gasteiger partial charge on any atom is -0.477 e. The van der Waals surface area contributed by atoms with Crippen LogP contribution < -0.4 is 5.32 Å². The van der Waals surface area contributed by atoms with Crippen LogP contribution in [0.5, 0.6) is 0 Å². The molecule has 0 bridgehead atoms. The van der Waals surface area contributed by atoms with Crippen molar-refractivity contribution in [1.82, 2.24) is 10.2 Å². The van der Waals surface area contributed by atoms with Crippen LogP contribution in [0.25, 0.3) is 0 Å². The fourth-order valence-corrected chi connectivity index (χ4v) is 4.95. The number of rotatable bonds is 5. The van der Waals surface area contributed by atoms with E-state index in [0.29, 0.717) is 11.3 Å². The van der Waals surface area contributed by atoms with Crippen LogP contribution >= 0.6 is 11.8 Å². The molecule has 2 N–H and O–H groups in total. The lowest BCUT2D eigenvalue weighted by molar-refractivity contribution is -0.151. The highest BCUT2D eigenvalue weighted by Crippen LogP contribution is 2.40. The van der Waals surface area contributed by atoms with E-state index in [1.807, 2.05) is 0 Å². The maximum absolute atomic E-state index is 12.5. The first-order chi connectivity index (χ1) is 12.4. The summed E-state index contributed by atoms with van der Waals surface area (Å²) < 4.78 is 4.89. The van der Waals surface area contributed by atoms with E-state index in [1.54, 1.807) is 0 Å². The summed E-state index contributed by atoms with van der Waals surface area (Å²) in [5.41, 5.74) is 0.252. The summed E-state index contributed by atoms with van der Waals surface area (Å²) in [5.74, 6) is -2.02. The van der Waals surface area contributed by atoms with E-state index in [9.17, 15) is 24.3 Å². The van der Waals surface area contributed by atoms with E-state index in [2.05, 4.69) is 5.32 Å². The monoisotopic (exact) mass is 382 g/mol. The second kappa shape index (κ2) is 7.69. The second-order valence-corrected chi connectivity index (χ2v) is 7.87. The molecule has 2 fully saturated rings. The third-order valence-corrected chi connectivity index (χ3v) is 6.31. The van der Waals surface area contributed by atoms with Gasteiger partial charge in [0.2, 0.25) is 5.91 Å². The van der Waals surface area contributed by atoms with Crippen molar-refractivity contribution in [2.24, 2.45) is 5.92 Å². The van der Waals surface area contributed by atoms with E-state index >= 15 is 0 Å². The number of aliphatic carboxylic acids is 1. The number of nitrogens with one attached hydrogen (secondary N) is 1. The van der Waals surface area contributed by atoms with Crippen molar-refractivity contribution in [2.75, 3.05) is 12.4 Å². The van der Waals surface area contributed by atoms with Crippen LogP contribution in [0, 0.1) is 5.92 Å². The lowest BCUT2D eigenvalue weighted by atomic mass is 9.88. The van der Waals surface area contributed by atoms with Gasteiger partial charge in [0, 0.05) is 24.2 Å². The van der Waals surface area contributed by atoms with Crippen LogP contribution in [0.1, 0.15) is 39.0 Å².